The fraction of sp³-hybridized carbons (Fsp3) is 1.00. The second-order valence-electron chi connectivity index (χ2n) is 10.8. The maximum Gasteiger partial charge on any atom is 0.0560 e. The number of rotatable bonds is 26. The van der Waals surface area contributed by atoms with E-state index in [0.717, 1.165) is 26.4 Å². The van der Waals surface area contributed by atoms with Crippen LogP contribution in [0.4, 0.5) is 0 Å². The minimum atomic E-state index is 0.241. The summed E-state index contributed by atoms with van der Waals surface area (Å²) in [4.78, 5) is 0. The van der Waals surface area contributed by atoms with E-state index >= 15 is 0 Å². The zero-order valence-corrected chi connectivity index (χ0v) is 24.9. The summed E-state index contributed by atoms with van der Waals surface area (Å²) in [5.74, 6) is 2.41. The minimum Gasteiger partial charge on any atom is -0.381 e. The van der Waals surface area contributed by atoms with Crippen LogP contribution in [0.25, 0.3) is 0 Å². The van der Waals surface area contributed by atoms with Gasteiger partial charge in [0.2, 0.25) is 0 Å². The van der Waals surface area contributed by atoms with Gasteiger partial charge in [-0.3, -0.25) is 0 Å². The van der Waals surface area contributed by atoms with E-state index in [1.165, 1.54) is 145 Å². The van der Waals surface area contributed by atoms with Gasteiger partial charge in [-0.05, 0) is 12.8 Å². The van der Waals surface area contributed by atoms with E-state index in [9.17, 15) is 0 Å². The highest BCUT2D eigenvalue weighted by Crippen LogP contribution is 2.36. The Morgan fingerprint density at radius 3 is 1.15 bits per heavy atom. The molecule has 204 valence electrons. The lowest BCUT2D eigenvalue weighted by molar-refractivity contribution is -0.000426. The van der Waals surface area contributed by atoms with Gasteiger partial charge in [-0.15, -0.1) is 0 Å². The number of ether oxygens (including phenoxy) is 2. The first-order chi connectivity index (χ1) is 16.8. The molecule has 0 N–H and O–H groups in total. The Kier molecular flexibility index (Phi) is 24.3. The number of unbranched alkanes of at least 4 members (excludes halogenated alkanes) is 18. The molecule has 0 bridgehead atoms. The lowest BCUT2D eigenvalue weighted by Gasteiger charge is -2.36. The summed E-state index contributed by atoms with van der Waals surface area (Å²) < 4.78 is 12.4. The van der Waals surface area contributed by atoms with Gasteiger partial charge in [-0.2, -0.15) is 23.5 Å². The molecule has 4 heteroatoms. The third kappa shape index (κ3) is 19.8. The minimum absolute atomic E-state index is 0.241. The first-order valence-electron chi connectivity index (χ1n) is 15.1. The molecular weight excluding hydrogens is 456 g/mol. The summed E-state index contributed by atoms with van der Waals surface area (Å²) in [5, 5.41) is 1.23. The van der Waals surface area contributed by atoms with Gasteiger partial charge in [-0.25, -0.2) is 0 Å². The summed E-state index contributed by atoms with van der Waals surface area (Å²) in [7, 11) is 0. The van der Waals surface area contributed by atoms with E-state index in [1.54, 1.807) is 0 Å². The monoisotopic (exact) mass is 516 g/mol. The third-order valence-corrected chi connectivity index (χ3v) is 10.1. The topological polar surface area (TPSA) is 18.5 Å². The molecule has 0 aliphatic carbocycles. The van der Waals surface area contributed by atoms with Crippen LogP contribution in [0.5, 0.6) is 0 Å². The lowest BCUT2D eigenvalue weighted by atomic mass is 9.95. The summed E-state index contributed by atoms with van der Waals surface area (Å²) >= 11 is 4.15. The summed E-state index contributed by atoms with van der Waals surface area (Å²) in [6, 6.07) is 0. The molecule has 1 heterocycles. The molecule has 1 rings (SSSR count). The number of thioether (sulfide) groups is 2. The van der Waals surface area contributed by atoms with Crippen LogP contribution in [-0.4, -0.2) is 43.0 Å². The van der Waals surface area contributed by atoms with Crippen molar-refractivity contribution in [3.8, 4) is 0 Å². The van der Waals surface area contributed by atoms with Crippen molar-refractivity contribution >= 4 is 23.5 Å². The molecule has 1 fully saturated rings. The van der Waals surface area contributed by atoms with Crippen molar-refractivity contribution in [2.45, 2.75) is 142 Å². The second-order valence-corrected chi connectivity index (χ2v) is 13.1. The fourth-order valence-corrected chi connectivity index (χ4v) is 7.46. The molecule has 1 aliphatic heterocycles. The van der Waals surface area contributed by atoms with Crippen molar-refractivity contribution in [3.63, 3.8) is 0 Å². The van der Waals surface area contributed by atoms with E-state index < -0.39 is 0 Å². The Bertz CT molecular complexity index is 369. The molecule has 2 nitrogen and oxygen atoms in total. The van der Waals surface area contributed by atoms with E-state index in [-0.39, 0.29) is 5.41 Å². The van der Waals surface area contributed by atoms with Gasteiger partial charge in [0.1, 0.15) is 0 Å². The predicted octanol–water partition coefficient (Wildman–Crippen LogP) is 10.3. The highest BCUT2D eigenvalue weighted by Gasteiger charge is 2.33. The van der Waals surface area contributed by atoms with Crippen LogP contribution in [0, 0.1) is 5.41 Å². The van der Waals surface area contributed by atoms with Gasteiger partial charge in [-0.1, -0.05) is 129 Å². The molecule has 0 aromatic rings. The van der Waals surface area contributed by atoms with Crippen LogP contribution in [-0.2, 0) is 9.47 Å². The van der Waals surface area contributed by atoms with Crippen LogP contribution >= 0.6 is 23.5 Å². The van der Waals surface area contributed by atoms with Gasteiger partial charge in [0, 0.05) is 35.2 Å². The summed E-state index contributed by atoms with van der Waals surface area (Å²) in [6.45, 7) is 8.24. The second kappa shape index (κ2) is 25.3. The van der Waals surface area contributed by atoms with Crippen molar-refractivity contribution in [2.75, 3.05) is 43.0 Å². The smallest absolute Gasteiger partial charge is 0.0560 e. The van der Waals surface area contributed by atoms with Crippen molar-refractivity contribution in [1.82, 2.24) is 0 Å². The molecule has 0 aromatic heterocycles. The zero-order valence-electron chi connectivity index (χ0n) is 23.2. The molecule has 0 amide bonds. The summed E-state index contributed by atoms with van der Waals surface area (Å²) in [5.41, 5.74) is 0.241. The zero-order chi connectivity index (χ0) is 24.4. The van der Waals surface area contributed by atoms with Crippen LogP contribution in [0.3, 0.4) is 0 Å². The average Bonchev–Trinajstić information content (AvgIpc) is 2.86. The van der Waals surface area contributed by atoms with Crippen LogP contribution in [0.2, 0.25) is 0 Å². The van der Waals surface area contributed by atoms with Gasteiger partial charge >= 0.3 is 0 Å². The highest BCUT2D eigenvalue weighted by atomic mass is 32.2. The Balaban J connectivity index is 1.97. The van der Waals surface area contributed by atoms with Crippen molar-refractivity contribution < 1.29 is 9.47 Å². The molecule has 0 atom stereocenters. The van der Waals surface area contributed by atoms with E-state index in [1.807, 2.05) is 0 Å². The van der Waals surface area contributed by atoms with Crippen LogP contribution < -0.4 is 0 Å². The molecule has 0 aromatic carbocycles. The quantitative estimate of drug-likeness (QED) is 0.106. The average molecular weight is 517 g/mol. The SMILES string of the molecule is CCCCCCCCCCCCOCC1(COCCCCCCCCCCCC)CSCSC1. The molecule has 1 aliphatic rings. The van der Waals surface area contributed by atoms with Gasteiger partial charge in [0.15, 0.2) is 0 Å². The first-order valence-corrected chi connectivity index (χ1v) is 17.4. The van der Waals surface area contributed by atoms with E-state index in [4.69, 9.17) is 9.47 Å². The predicted molar refractivity (Wildman–Crippen MR) is 158 cm³/mol. The number of hydrogen-bond acceptors (Lipinski definition) is 4. The van der Waals surface area contributed by atoms with Crippen molar-refractivity contribution in [1.29, 1.82) is 0 Å². The Labute approximate surface area is 223 Å². The van der Waals surface area contributed by atoms with Gasteiger partial charge < -0.3 is 9.47 Å². The molecule has 0 unspecified atom stereocenters. The molecule has 1 saturated heterocycles. The van der Waals surface area contributed by atoms with E-state index in [2.05, 4.69) is 37.4 Å². The van der Waals surface area contributed by atoms with Crippen LogP contribution in [0.1, 0.15) is 142 Å². The molecule has 0 radical (unpaired) electrons. The fourth-order valence-electron chi connectivity index (χ4n) is 4.79. The Hall–Kier alpha value is 0.620. The van der Waals surface area contributed by atoms with Crippen LogP contribution in [0.15, 0.2) is 0 Å². The van der Waals surface area contributed by atoms with E-state index in [0.29, 0.717) is 0 Å². The normalized spacial score (nSPS) is 15.7. The van der Waals surface area contributed by atoms with Crippen molar-refractivity contribution in [2.24, 2.45) is 5.41 Å². The maximum absolute atomic E-state index is 6.20. The Morgan fingerprint density at radius 2 is 0.794 bits per heavy atom. The highest BCUT2D eigenvalue weighted by molar-refractivity contribution is 8.16. The van der Waals surface area contributed by atoms with Crippen molar-refractivity contribution in [3.05, 3.63) is 0 Å². The molecule has 0 spiro atoms. The standard InChI is InChI=1S/C30H60O2S2/c1-3-5-7-9-11-13-15-17-19-21-23-31-25-30(27-33-29-34-28-30)26-32-24-22-20-18-16-14-12-10-8-6-4-2/h3-29H2,1-2H3. The van der Waals surface area contributed by atoms with Gasteiger partial charge in [0.05, 0.1) is 13.2 Å². The molecular formula is C30H60O2S2. The Morgan fingerprint density at radius 1 is 0.471 bits per heavy atom. The van der Waals surface area contributed by atoms with Gasteiger partial charge in [0.25, 0.3) is 0 Å². The number of hydrogen-bond donors (Lipinski definition) is 0. The summed E-state index contributed by atoms with van der Waals surface area (Å²) in [6.07, 6.45) is 27.7. The maximum atomic E-state index is 6.20. The molecule has 0 saturated carbocycles. The largest absolute Gasteiger partial charge is 0.381 e. The first kappa shape index (κ1) is 32.6. The lowest BCUT2D eigenvalue weighted by Crippen LogP contribution is -2.39. The molecule has 34 heavy (non-hydrogen) atoms. The third-order valence-electron chi connectivity index (χ3n) is 7.08.